The van der Waals surface area contributed by atoms with Gasteiger partial charge in [0, 0.05) is 24.5 Å². The molecule has 1 atom stereocenters. The van der Waals surface area contributed by atoms with Crippen LogP contribution in [0.15, 0.2) is 94.8 Å². The maximum absolute atomic E-state index is 13.6. The summed E-state index contributed by atoms with van der Waals surface area (Å²) in [6, 6.07) is 18.0. The average Bonchev–Trinajstić information content (AvgIpc) is 3.49. The molecule has 2 aromatic heterocycles. The van der Waals surface area contributed by atoms with E-state index < -0.39 is 17.9 Å². The third-order valence-corrected chi connectivity index (χ3v) is 7.18. The maximum atomic E-state index is 13.6. The highest BCUT2D eigenvalue weighted by Crippen LogP contribution is 2.29. The summed E-state index contributed by atoms with van der Waals surface area (Å²) >= 11 is 0. The second kappa shape index (κ2) is 12.8. The normalized spacial score (nSPS) is 12.2. The number of allylic oxidation sites excluding steroid dienone is 2. The number of hydrogen-bond acceptors (Lipinski definition) is 6. The molecule has 218 valence electrons. The predicted molar refractivity (Wildman–Crippen MR) is 162 cm³/mol. The minimum Gasteiger partial charge on any atom is -0.481 e. The van der Waals surface area contributed by atoms with Gasteiger partial charge in [-0.1, -0.05) is 54.2 Å². The van der Waals surface area contributed by atoms with Gasteiger partial charge in [-0.15, -0.1) is 0 Å². The van der Waals surface area contributed by atoms with Crippen molar-refractivity contribution >= 4 is 22.9 Å². The van der Waals surface area contributed by atoms with Crippen LogP contribution in [0, 0.1) is 12.7 Å². The Morgan fingerprint density at radius 3 is 2.60 bits per heavy atom. The van der Waals surface area contributed by atoms with Crippen LogP contribution < -0.4 is 5.56 Å². The molecule has 0 saturated carbocycles. The van der Waals surface area contributed by atoms with Crippen LogP contribution in [0.3, 0.4) is 0 Å². The molecule has 8 nitrogen and oxygen atoms in total. The van der Waals surface area contributed by atoms with E-state index in [1.165, 1.54) is 28.8 Å². The van der Waals surface area contributed by atoms with Gasteiger partial charge in [0.05, 0.1) is 16.6 Å². The molecule has 0 bridgehead atoms. The monoisotopic (exact) mass is 579 g/mol. The zero-order chi connectivity index (χ0) is 30.5. The summed E-state index contributed by atoms with van der Waals surface area (Å²) in [5, 5.41) is 24.5. The van der Waals surface area contributed by atoms with Crippen LogP contribution in [0.25, 0.3) is 33.9 Å². The largest absolute Gasteiger partial charge is 0.481 e. The van der Waals surface area contributed by atoms with E-state index in [4.69, 9.17) is 14.6 Å². The molecule has 0 aliphatic carbocycles. The third kappa shape index (κ3) is 6.52. The highest BCUT2D eigenvalue weighted by atomic mass is 19.1. The average molecular weight is 580 g/mol. The SMILES string of the molecule is C=CC=Cc1ccc(C(O)c2cc(-c3ccc4c(=O)n(-c5ccc(F)cc5)c(CCCCC(=O)O)nc4c3)no2)cc1C. The third-order valence-electron chi connectivity index (χ3n) is 7.18. The molecule has 43 heavy (non-hydrogen) atoms. The molecule has 0 saturated heterocycles. The number of benzene rings is 3. The Kier molecular flexibility index (Phi) is 8.73. The Balaban J connectivity index is 1.48. The predicted octanol–water partition coefficient (Wildman–Crippen LogP) is 6.57. The molecule has 2 N–H and O–H groups in total. The summed E-state index contributed by atoms with van der Waals surface area (Å²) < 4.78 is 20.6. The Hall–Kier alpha value is -5.15. The van der Waals surface area contributed by atoms with Crippen LogP contribution in [0.5, 0.6) is 0 Å². The first-order valence-corrected chi connectivity index (χ1v) is 13.8. The molecule has 5 aromatic rings. The van der Waals surface area contributed by atoms with Crippen molar-refractivity contribution < 1.29 is 23.9 Å². The number of hydrogen-bond donors (Lipinski definition) is 2. The van der Waals surface area contributed by atoms with Gasteiger partial charge in [-0.2, -0.15) is 0 Å². The summed E-state index contributed by atoms with van der Waals surface area (Å²) in [4.78, 5) is 29.4. The Bertz CT molecular complexity index is 1890. The maximum Gasteiger partial charge on any atom is 0.303 e. The van der Waals surface area contributed by atoms with Crippen molar-refractivity contribution in [3.63, 3.8) is 0 Å². The summed E-state index contributed by atoms with van der Waals surface area (Å²) in [5.41, 5.74) is 4.33. The molecular formula is C34H30FN3O5. The first-order chi connectivity index (χ1) is 20.7. The van der Waals surface area contributed by atoms with E-state index >= 15 is 0 Å². The number of halogens is 1. The van der Waals surface area contributed by atoms with E-state index in [1.54, 1.807) is 30.3 Å². The molecular weight excluding hydrogens is 549 g/mol. The number of carboxylic acid groups (broad SMARTS) is 1. The van der Waals surface area contributed by atoms with Crippen molar-refractivity contribution in [2.75, 3.05) is 0 Å². The van der Waals surface area contributed by atoms with Gasteiger partial charge in [0.2, 0.25) is 0 Å². The van der Waals surface area contributed by atoms with Crippen LogP contribution in [0.4, 0.5) is 4.39 Å². The number of aliphatic hydroxyl groups excluding tert-OH is 1. The lowest BCUT2D eigenvalue weighted by atomic mass is 10.00. The van der Waals surface area contributed by atoms with Crippen LogP contribution in [0.2, 0.25) is 0 Å². The summed E-state index contributed by atoms with van der Waals surface area (Å²) in [6.45, 7) is 5.64. The number of nitrogens with zero attached hydrogens (tertiary/aromatic N) is 3. The van der Waals surface area contributed by atoms with Gasteiger partial charge in [-0.3, -0.25) is 14.2 Å². The zero-order valence-electron chi connectivity index (χ0n) is 23.5. The van der Waals surface area contributed by atoms with Crippen molar-refractivity contribution in [1.82, 2.24) is 14.7 Å². The van der Waals surface area contributed by atoms with Gasteiger partial charge >= 0.3 is 5.97 Å². The topological polar surface area (TPSA) is 118 Å². The van der Waals surface area contributed by atoms with E-state index in [2.05, 4.69) is 11.7 Å². The number of unbranched alkanes of at least 4 members (excludes halogenated alkanes) is 1. The molecule has 0 spiro atoms. The molecule has 0 aliphatic rings. The van der Waals surface area contributed by atoms with Crippen LogP contribution in [0.1, 0.15) is 53.6 Å². The quantitative estimate of drug-likeness (QED) is 0.134. The second-order valence-corrected chi connectivity index (χ2v) is 10.2. The second-order valence-electron chi connectivity index (χ2n) is 10.2. The summed E-state index contributed by atoms with van der Waals surface area (Å²) in [7, 11) is 0. The molecule has 2 heterocycles. The standard InChI is InChI=1S/C34H30FN3O5/c1-3-4-7-22-10-11-24(18-21(22)2)33(41)30-20-28(37-43-30)23-12-17-27-29(19-23)36-31(8-5-6-9-32(39)40)38(34(27)42)26-15-13-25(35)14-16-26/h3-4,7,10-20,33,41H,1,5-6,8-9H2,2H3,(H,39,40). The van der Waals surface area contributed by atoms with Crippen molar-refractivity contribution in [2.24, 2.45) is 0 Å². The fraction of sp³-hybridized carbons (Fsp3) is 0.176. The van der Waals surface area contributed by atoms with Crippen molar-refractivity contribution in [2.45, 2.75) is 38.7 Å². The van der Waals surface area contributed by atoms with E-state index in [1.807, 2.05) is 37.3 Å². The van der Waals surface area contributed by atoms with Gasteiger partial charge in [0.1, 0.15) is 23.4 Å². The fourth-order valence-corrected chi connectivity index (χ4v) is 4.92. The molecule has 1 unspecified atom stereocenters. The number of fused-ring (bicyclic) bond motifs is 1. The summed E-state index contributed by atoms with van der Waals surface area (Å²) in [6.07, 6.45) is 5.73. The molecule has 0 aliphatic heterocycles. The highest BCUT2D eigenvalue weighted by Gasteiger charge is 2.19. The van der Waals surface area contributed by atoms with Gasteiger partial charge in [0.25, 0.3) is 5.56 Å². The Morgan fingerprint density at radius 1 is 1.09 bits per heavy atom. The lowest BCUT2D eigenvalue weighted by Crippen LogP contribution is -2.24. The molecule has 9 heteroatoms. The van der Waals surface area contributed by atoms with Gasteiger partial charge < -0.3 is 14.7 Å². The Morgan fingerprint density at radius 2 is 1.88 bits per heavy atom. The lowest BCUT2D eigenvalue weighted by molar-refractivity contribution is -0.137. The van der Waals surface area contributed by atoms with Crippen LogP contribution in [-0.4, -0.2) is 30.9 Å². The Labute approximate surface area is 247 Å². The lowest BCUT2D eigenvalue weighted by Gasteiger charge is -2.14. The number of aromatic nitrogens is 3. The molecule has 0 amide bonds. The van der Waals surface area contributed by atoms with E-state index in [0.29, 0.717) is 58.5 Å². The van der Waals surface area contributed by atoms with E-state index in [9.17, 15) is 19.1 Å². The number of carboxylic acids is 1. The smallest absolute Gasteiger partial charge is 0.303 e. The first kappa shape index (κ1) is 29.3. The number of aliphatic hydroxyl groups is 1. The molecule has 0 radical (unpaired) electrons. The number of aryl methyl sites for hydroxylation is 2. The van der Waals surface area contributed by atoms with Gasteiger partial charge in [0.15, 0.2) is 5.76 Å². The molecule has 3 aromatic carbocycles. The van der Waals surface area contributed by atoms with Crippen molar-refractivity contribution in [3.8, 4) is 16.9 Å². The first-order valence-electron chi connectivity index (χ1n) is 13.8. The van der Waals surface area contributed by atoms with Gasteiger partial charge in [-0.25, -0.2) is 9.37 Å². The molecule has 0 fully saturated rings. The number of carbonyl (C=O) groups is 1. The van der Waals surface area contributed by atoms with Crippen LogP contribution >= 0.6 is 0 Å². The molecule has 5 rings (SSSR count). The van der Waals surface area contributed by atoms with Crippen molar-refractivity contribution in [1.29, 1.82) is 0 Å². The number of aliphatic carboxylic acids is 1. The minimum atomic E-state index is -1.03. The summed E-state index contributed by atoms with van der Waals surface area (Å²) in [5.74, 6) is -0.618. The minimum absolute atomic E-state index is 0.00885. The number of rotatable bonds is 11. The fourth-order valence-electron chi connectivity index (χ4n) is 4.92. The highest BCUT2D eigenvalue weighted by molar-refractivity contribution is 5.83. The van der Waals surface area contributed by atoms with Crippen molar-refractivity contribution in [3.05, 3.63) is 130 Å². The van der Waals surface area contributed by atoms with E-state index in [0.717, 1.165) is 11.1 Å². The zero-order valence-corrected chi connectivity index (χ0v) is 23.5. The van der Waals surface area contributed by atoms with Gasteiger partial charge in [-0.05, 0) is 72.9 Å². The van der Waals surface area contributed by atoms with Crippen LogP contribution in [-0.2, 0) is 11.2 Å². The van der Waals surface area contributed by atoms with E-state index in [-0.39, 0.29) is 17.7 Å².